The zero-order valence-corrected chi connectivity index (χ0v) is 15.9. The largest absolute Gasteiger partial charge is 0.311 e. The fourth-order valence-corrected chi connectivity index (χ4v) is 3.61. The summed E-state index contributed by atoms with van der Waals surface area (Å²) < 4.78 is 25.9. The lowest BCUT2D eigenvalue weighted by Gasteiger charge is -2.28. The van der Waals surface area contributed by atoms with Gasteiger partial charge in [-0.2, -0.15) is 0 Å². The summed E-state index contributed by atoms with van der Waals surface area (Å²) in [5.74, 6) is -0.264. The lowest BCUT2D eigenvalue weighted by molar-refractivity contribution is -0.117. The number of carbonyl (C=O) groups is 1. The molecule has 0 aromatic heterocycles. The van der Waals surface area contributed by atoms with Gasteiger partial charge in [-0.05, 0) is 50.1 Å². The van der Waals surface area contributed by atoms with E-state index in [0.29, 0.717) is 12.2 Å². The van der Waals surface area contributed by atoms with E-state index in [4.69, 9.17) is 0 Å². The summed E-state index contributed by atoms with van der Waals surface area (Å²) in [4.78, 5) is 14.4. The summed E-state index contributed by atoms with van der Waals surface area (Å²) in [6, 6.07) is 14.7. The van der Waals surface area contributed by atoms with Gasteiger partial charge in [0.1, 0.15) is 6.54 Å². The summed E-state index contributed by atoms with van der Waals surface area (Å²) >= 11 is 0. The van der Waals surface area contributed by atoms with E-state index in [0.717, 1.165) is 23.1 Å². The van der Waals surface area contributed by atoms with Crippen LogP contribution in [0.4, 0.5) is 11.4 Å². The van der Waals surface area contributed by atoms with Crippen molar-refractivity contribution in [1.82, 2.24) is 0 Å². The maximum Gasteiger partial charge on any atom is 0.247 e. The van der Waals surface area contributed by atoms with Gasteiger partial charge in [0.2, 0.25) is 15.9 Å². The van der Waals surface area contributed by atoms with Crippen molar-refractivity contribution < 1.29 is 13.2 Å². The van der Waals surface area contributed by atoms with Gasteiger partial charge in [0.25, 0.3) is 0 Å². The Labute approximate surface area is 149 Å². The fourth-order valence-electron chi connectivity index (χ4n) is 2.71. The van der Waals surface area contributed by atoms with Crippen LogP contribution in [0, 0.1) is 13.8 Å². The molecule has 0 radical (unpaired) electrons. The Morgan fingerprint density at radius 3 is 2.20 bits per heavy atom. The SMILES string of the molecule is CCN(C(=O)CN(c1cccc(C)c1C)S(C)(=O)=O)c1ccccc1. The van der Waals surface area contributed by atoms with Crippen molar-refractivity contribution in [2.24, 2.45) is 0 Å². The van der Waals surface area contributed by atoms with Crippen LogP contribution in [0.2, 0.25) is 0 Å². The van der Waals surface area contributed by atoms with Crippen LogP contribution in [0.3, 0.4) is 0 Å². The van der Waals surface area contributed by atoms with Gasteiger partial charge in [0.05, 0.1) is 11.9 Å². The van der Waals surface area contributed by atoms with Crippen molar-refractivity contribution in [3.05, 3.63) is 59.7 Å². The lowest BCUT2D eigenvalue weighted by atomic mass is 10.1. The molecule has 0 unspecified atom stereocenters. The van der Waals surface area contributed by atoms with E-state index >= 15 is 0 Å². The summed E-state index contributed by atoms with van der Waals surface area (Å²) in [5.41, 5.74) is 3.13. The Morgan fingerprint density at radius 1 is 1.00 bits per heavy atom. The zero-order chi connectivity index (χ0) is 18.6. The van der Waals surface area contributed by atoms with Crippen LogP contribution in [0.15, 0.2) is 48.5 Å². The molecule has 0 fully saturated rings. The van der Waals surface area contributed by atoms with Crippen LogP contribution in [0.5, 0.6) is 0 Å². The molecule has 25 heavy (non-hydrogen) atoms. The molecule has 0 spiro atoms. The quantitative estimate of drug-likeness (QED) is 0.795. The van der Waals surface area contributed by atoms with Crippen LogP contribution < -0.4 is 9.21 Å². The second-order valence-electron chi connectivity index (χ2n) is 5.96. The van der Waals surface area contributed by atoms with Gasteiger partial charge in [-0.3, -0.25) is 9.10 Å². The molecule has 0 aliphatic heterocycles. The molecule has 0 heterocycles. The summed E-state index contributed by atoms with van der Waals surface area (Å²) in [6.07, 6.45) is 1.13. The van der Waals surface area contributed by atoms with Crippen molar-refractivity contribution in [1.29, 1.82) is 0 Å². The van der Waals surface area contributed by atoms with Gasteiger partial charge in [-0.1, -0.05) is 30.3 Å². The van der Waals surface area contributed by atoms with Crippen LogP contribution in [-0.2, 0) is 14.8 Å². The molecule has 0 saturated heterocycles. The molecule has 1 amide bonds. The minimum Gasteiger partial charge on any atom is -0.311 e. The minimum atomic E-state index is -3.59. The number of anilines is 2. The number of aryl methyl sites for hydroxylation is 1. The molecule has 0 aliphatic rings. The molecule has 0 bridgehead atoms. The van der Waals surface area contributed by atoms with Crippen LogP contribution in [0.1, 0.15) is 18.1 Å². The molecule has 2 aromatic carbocycles. The smallest absolute Gasteiger partial charge is 0.247 e. The number of sulfonamides is 1. The Morgan fingerprint density at radius 2 is 1.64 bits per heavy atom. The van der Waals surface area contributed by atoms with Gasteiger partial charge in [-0.15, -0.1) is 0 Å². The number of carbonyl (C=O) groups excluding carboxylic acids is 1. The highest BCUT2D eigenvalue weighted by Crippen LogP contribution is 2.25. The second kappa shape index (κ2) is 7.70. The number of amides is 1. The summed E-state index contributed by atoms with van der Waals surface area (Å²) in [6.45, 7) is 5.89. The molecule has 0 saturated carbocycles. The monoisotopic (exact) mass is 360 g/mol. The maximum absolute atomic E-state index is 12.8. The number of nitrogens with zero attached hydrogens (tertiary/aromatic N) is 2. The van der Waals surface area contributed by atoms with Gasteiger partial charge < -0.3 is 4.90 Å². The van der Waals surface area contributed by atoms with Crippen molar-refractivity contribution in [3.63, 3.8) is 0 Å². The molecule has 0 atom stereocenters. The third-order valence-electron chi connectivity index (χ3n) is 4.21. The highest BCUT2D eigenvalue weighted by molar-refractivity contribution is 7.92. The number of hydrogen-bond acceptors (Lipinski definition) is 3. The Balaban J connectivity index is 2.38. The Kier molecular flexibility index (Phi) is 5.85. The van der Waals surface area contributed by atoms with E-state index in [1.54, 1.807) is 17.0 Å². The minimum absolute atomic E-state index is 0.230. The zero-order valence-electron chi connectivity index (χ0n) is 15.1. The van der Waals surface area contributed by atoms with E-state index in [2.05, 4.69) is 0 Å². The first-order chi connectivity index (χ1) is 11.8. The molecular formula is C19H24N2O3S. The predicted molar refractivity (Wildman–Crippen MR) is 103 cm³/mol. The third-order valence-corrected chi connectivity index (χ3v) is 5.34. The first-order valence-electron chi connectivity index (χ1n) is 8.15. The van der Waals surface area contributed by atoms with Crippen LogP contribution in [-0.4, -0.2) is 33.7 Å². The molecule has 134 valence electrons. The molecule has 2 rings (SSSR count). The predicted octanol–water partition coefficient (Wildman–Crippen LogP) is 3.12. The Hall–Kier alpha value is -2.34. The number of hydrogen-bond donors (Lipinski definition) is 0. The van der Waals surface area contributed by atoms with E-state index in [-0.39, 0.29) is 12.5 Å². The van der Waals surface area contributed by atoms with E-state index < -0.39 is 10.0 Å². The number of para-hydroxylation sites is 1. The fraction of sp³-hybridized carbons (Fsp3) is 0.316. The average Bonchev–Trinajstić information content (AvgIpc) is 2.56. The molecule has 0 aliphatic carbocycles. The standard InChI is InChI=1S/C19H24N2O3S/c1-5-20(17-11-7-6-8-12-17)19(22)14-21(25(4,23)24)18-13-9-10-15(2)16(18)3/h6-13H,5,14H2,1-4H3. The van der Waals surface area contributed by atoms with E-state index in [1.165, 1.54) is 4.31 Å². The van der Waals surface area contributed by atoms with Crippen molar-refractivity contribution in [3.8, 4) is 0 Å². The van der Waals surface area contributed by atoms with Gasteiger partial charge in [0, 0.05) is 12.2 Å². The highest BCUT2D eigenvalue weighted by atomic mass is 32.2. The molecule has 0 N–H and O–H groups in total. The van der Waals surface area contributed by atoms with Gasteiger partial charge in [0.15, 0.2) is 0 Å². The van der Waals surface area contributed by atoms with Crippen molar-refractivity contribution in [2.45, 2.75) is 20.8 Å². The first-order valence-corrected chi connectivity index (χ1v) is 10.00. The van der Waals surface area contributed by atoms with Crippen molar-refractivity contribution >= 4 is 27.3 Å². The Bertz CT molecular complexity index is 848. The number of likely N-dealkylation sites (N-methyl/N-ethyl adjacent to an activating group) is 1. The first kappa shape index (κ1) is 19.0. The van der Waals surface area contributed by atoms with Crippen LogP contribution in [0.25, 0.3) is 0 Å². The van der Waals surface area contributed by atoms with Gasteiger partial charge in [-0.25, -0.2) is 8.42 Å². The second-order valence-corrected chi connectivity index (χ2v) is 7.87. The van der Waals surface area contributed by atoms with E-state index in [1.807, 2.05) is 57.2 Å². The molecular weight excluding hydrogens is 336 g/mol. The normalized spacial score (nSPS) is 11.2. The topological polar surface area (TPSA) is 57.7 Å². The number of rotatable bonds is 6. The summed E-state index contributed by atoms with van der Waals surface area (Å²) in [7, 11) is -3.59. The van der Waals surface area contributed by atoms with Crippen LogP contribution >= 0.6 is 0 Å². The average molecular weight is 360 g/mol. The third kappa shape index (κ3) is 4.39. The van der Waals surface area contributed by atoms with Gasteiger partial charge >= 0.3 is 0 Å². The summed E-state index contributed by atoms with van der Waals surface area (Å²) in [5, 5.41) is 0. The lowest BCUT2D eigenvalue weighted by Crippen LogP contribution is -2.43. The van der Waals surface area contributed by atoms with Crippen molar-refractivity contribution in [2.75, 3.05) is 28.6 Å². The molecule has 6 heteroatoms. The number of benzene rings is 2. The molecule has 2 aromatic rings. The molecule has 5 nitrogen and oxygen atoms in total. The highest BCUT2D eigenvalue weighted by Gasteiger charge is 2.25. The maximum atomic E-state index is 12.8. The van der Waals surface area contributed by atoms with E-state index in [9.17, 15) is 13.2 Å².